The van der Waals surface area contributed by atoms with E-state index >= 15 is 0 Å². The lowest BCUT2D eigenvalue weighted by molar-refractivity contribution is 0.0951. The summed E-state index contributed by atoms with van der Waals surface area (Å²) in [5.41, 5.74) is 11.7. The van der Waals surface area contributed by atoms with Gasteiger partial charge in [-0.25, -0.2) is 9.37 Å². The number of amides is 1. The second-order valence-corrected chi connectivity index (χ2v) is 8.75. The molecule has 4 aromatic heterocycles. The topological polar surface area (TPSA) is 94.0 Å². The number of aromatic nitrogens is 2. The maximum Gasteiger partial charge on any atom is 0.251 e. The molecule has 3 N–H and O–H groups in total. The number of hydrogen-bond donors (Lipinski definition) is 2. The first kappa shape index (κ1) is 21.0. The summed E-state index contributed by atoms with van der Waals surface area (Å²) in [6, 6.07) is 14.4. The Morgan fingerprint density at radius 3 is 2.51 bits per heavy atom. The minimum atomic E-state index is -0.331. The van der Waals surface area contributed by atoms with Gasteiger partial charge in [0, 0.05) is 57.3 Å². The van der Waals surface area contributed by atoms with Crippen LogP contribution < -0.4 is 11.1 Å². The molecule has 6 nitrogen and oxygen atoms in total. The summed E-state index contributed by atoms with van der Waals surface area (Å²) in [7, 11) is 0. The van der Waals surface area contributed by atoms with Gasteiger partial charge in [0.1, 0.15) is 22.8 Å². The zero-order valence-electron chi connectivity index (χ0n) is 19.1. The highest BCUT2D eigenvalue weighted by molar-refractivity contribution is 6.26. The Labute approximate surface area is 199 Å². The van der Waals surface area contributed by atoms with E-state index in [-0.39, 0.29) is 11.7 Å². The highest BCUT2D eigenvalue weighted by atomic mass is 19.1. The van der Waals surface area contributed by atoms with Gasteiger partial charge in [0.05, 0.1) is 0 Å². The number of nitrogen functional groups attached to an aromatic ring is 1. The van der Waals surface area contributed by atoms with Crippen molar-refractivity contribution in [3.8, 4) is 11.1 Å². The third-order valence-corrected chi connectivity index (χ3v) is 6.56. The minimum Gasteiger partial charge on any atom is -0.455 e. The average molecular weight is 465 g/mol. The summed E-state index contributed by atoms with van der Waals surface area (Å²) in [4.78, 5) is 21.3. The number of anilines is 1. The molecule has 0 radical (unpaired) electrons. The molecule has 0 aliphatic heterocycles. The van der Waals surface area contributed by atoms with Gasteiger partial charge in [-0.3, -0.25) is 9.78 Å². The monoisotopic (exact) mass is 464 g/mol. The molecule has 0 aliphatic rings. The fourth-order valence-corrected chi connectivity index (χ4v) is 4.80. The molecule has 1 amide bonds. The van der Waals surface area contributed by atoms with Crippen LogP contribution in [-0.4, -0.2) is 15.9 Å². The van der Waals surface area contributed by atoms with Crippen LogP contribution in [0.15, 0.2) is 65.3 Å². The maximum absolute atomic E-state index is 14.3. The summed E-state index contributed by atoms with van der Waals surface area (Å²) in [6.07, 6.45) is 2.94. The number of nitrogens with one attached hydrogen (secondary N) is 1. The molecule has 0 aliphatic carbocycles. The molecular weight excluding hydrogens is 443 g/mol. The quantitative estimate of drug-likeness (QED) is 0.317. The molecule has 2 aromatic carbocycles. The highest BCUT2D eigenvalue weighted by Crippen LogP contribution is 2.42. The first-order chi connectivity index (χ1) is 16.9. The summed E-state index contributed by atoms with van der Waals surface area (Å²) >= 11 is 0. The Hall–Kier alpha value is -4.52. The molecule has 0 unspecified atom stereocenters. The largest absolute Gasteiger partial charge is 0.455 e. The van der Waals surface area contributed by atoms with Crippen molar-refractivity contribution in [1.29, 1.82) is 0 Å². The van der Waals surface area contributed by atoms with Crippen molar-refractivity contribution in [3.63, 3.8) is 0 Å². The van der Waals surface area contributed by atoms with E-state index in [0.717, 1.165) is 49.5 Å². The van der Waals surface area contributed by atoms with Crippen molar-refractivity contribution >= 4 is 44.4 Å². The van der Waals surface area contributed by atoms with E-state index in [0.29, 0.717) is 29.1 Å². The van der Waals surface area contributed by atoms with E-state index in [1.165, 1.54) is 18.5 Å². The Morgan fingerprint density at radius 2 is 1.74 bits per heavy atom. The van der Waals surface area contributed by atoms with Crippen molar-refractivity contribution in [2.45, 2.75) is 20.4 Å². The summed E-state index contributed by atoms with van der Waals surface area (Å²) in [6.45, 7) is 4.19. The maximum atomic E-state index is 14.3. The number of nitrogens with zero attached hydrogens (tertiary/aromatic N) is 2. The number of halogens is 1. The number of hydrogen-bond acceptors (Lipinski definition) is 5. The van der Waals surface area contributed by atoms with Crippen LogP contribution in [0, 0.1) is 19.7 Å². The van der Waals surface area contributed by atoms with E-state index in [9.17, 15) is 9.18 Å². The van der Waals surface area contributed by atoms with Crippen LogP contribution in [0.3, 0.4) is 0 Å². The molecule has 6 rings (SSSR count). The number of benzene rings is 3. The van der Waals surface area contributed by atoms with Crippen LogP contribution in [-0.2, 0) is 6.54 Å². The van der Waals surface area contributed by atoms with Gasteiger partial charge in [0.15, 0.2) is 0 Å². The fraction of sp³-hybridized carbons (Fsp3) is 0.107. The second kappa shape index (κ2) is 7.77. The Bertz CT molecular complexity index is 1750. The fourth-order valence-electron chi connectivity index (χ4n) is 4.80. The number of rotatable bonds is 4. The second-order valence-electron chi connectivity index (χ2n) is 8.75. The lowest BCUT2D eigenvalue weighted by Crippen LogP contribution is -2.24. The van der Waals surface area contributed by atoms with Crippen molar-refractivity contribution in [2.75, 3.05) is 5.73 Å². The molecule has 0 atom stereocenters. The van der Waals surface area contributed by atoms with Gasteiger partial charge in [-0.1, -0.05) is 6.07 Å². The standard InChI is InChI=1S/C28H21FN4O2/c1-14-9-25(30)33-15(2)22(14)13-32-28(34)17-4-6-19-21(11-17)27-20-10-16(3-5-18(20)26(19)35-27)23-12-31-8-7-24(23)29/h3-12H,13H2,1-2H3,(H2,30,33)(H,32,34). The van der Waals surface area contributed by atoms with Gasteiger partial charge in [0.25, 0.3) is 5.91 Å². The van der Waals surface area contributed by atoms with Crippen LogP contribution in [0.4, 0.5) is 10.2 Å². The van der Waals surface area contributed by atoms with Gasteiger partial charge < -0.3 is 15.5 Å². The molecule has 0 saturated heterocycles. The summed E-state index contributed by atoms with van der Waals surface area (Å²) in [5, 5.41) is 6.62. The third-order valence-electron chi connectivity index (χ3n) is 6.56. The molecule has 7 heteroatoms. The number of carbonyl (C=O) groups is 1. The van der Waals surface area contributed by atoms with Gasteiger partial charge in [-0.2, -0.15) is 0 Å². The van der Waals surface area contributed by atoms with Crippen molar-refractivity contribution in [2.24, 2.45) is 0 Å². The van der Waals surface area contributed by atoms with Crippen LogP contribution in [0.1, 0.15) is 27.2 Å². The SMILES string of the molecule is Cc1cc(N)nc(C)c1CNC(=O)c1ccc2c(c1)c1oc2c2ccc(-c3cnccc3F)cc21. The Kier molecular flexibility index (Phi) is 4.67. The number of aryl methyl sites for hydroxylation is 2. The predicted octanol–water partition coefficient (Wildman–Crippen LogP) is 5.90. The third kappa shape index (κ3) is 3.35. The van der Waals surface area contributed by atoms with Gasteiger partial charge >= 0.3 is 0 Å². The molecule has 172 valence electrons. The molecular formula is C28H21FN4O2. The summed E-state index contributed by atoms with van der Waals surface area (Å²) in [5.74, 6) is -0.0565. The zero-order valence-corrected chi connectivity index (χ0v) is 19.1. The number of nitrogens with two attached hydrogens (primary N) is 1. The molecule has 6 aromatic rings. The molecule has 0 spiro atoms. The highest BCUT2D eigenvalue weighted by Gasteiger charge is 2.20. The van der Waals surface area contributed by atoms with Crippen LogP contribution >= 0.6 is 0 Å². The molecule has 0 saturated carbocycles. The van der Waals surface area contributed by atoms with Gasteiger partial charge in [-0.05, 0) is 73.0 Å². The molecule has 4 heterocycles. The Balaban J connectivity index is 1.36. The van der Waals surface area contributed by atoms with Crippen LogP contribution in [0.2, 0.25) is 0 Å². The van der Waals surface area contributed by atoms with E-state index in [4.69, 9.17) is 10.2 Å². The first-order valence-electron chi connectivity index (χ1n) is 11.2. The lowest BCUT2D eigenvalue weighted by Gasteiger charge is -2.11. The number of carbonyl (C=O) groups excluding carboxylic acids is 1. The molecule has 35 heavy (non-hydrogen) atoms. The Morgan fingerprint density at radius 1 is 1.00 bits per heavy atom. The van der Waals surface area contributed by atoms with Crippen molar-refractivity contribution < 1.29 is 13.6 Å². The normalized spacial score (nSPS) is 11.6. The van der Waals surface area contributed by atoms with Crippen molar-refractivity contribution in [3.05, 3.63) is 89.1 Å². The van der Waals surface area contributed by atoms with E-state index in [2.05, 4.69) is 15.3 Å². The van der Waals surface area contributed by atoms with Crippen molar-refractivity contribution in [1.82, 2.24) is 15.3 Å². The van der Waals surface area contributed by atoms with E-state index < -0.39 is 0 Å². The number of fused-ring (bicyclic) bond motifs is 8. The summed E-state index contributed by atoms with van der Waals surface area (Å²) < 4.78 is 20.4. The lowest BCUT2D eigenvalue weighted by atomic mass is 9.98. The van der Waals surface area contributed by atoms with Crippen LogP contribution in [0.5, 0.6) is 0 Å². The first-order valence-corrected chi connectivity index (χ1v) is 11.2. The molecule has 0 fully saturated rings. The van der Waals surface area contributed by atoms with Gasteiger partial charge in [0.2, 0.25) is 0 Å². The average Bonchev–Trinajstić information content (AvgIpc) is 3.40. The van der Waals surface area contributed by atoms with Crippen LogP contribution in [0.25, 0.3) is 43.8 Å². The number of furan rings is 2. The zero-order chi connectivity index (χ0) is 24.3. The van der Waals surface area contributed by atoms with E-state index in [1.807, 2.05) is 44.2 Å². The number of pyridine rings is 2. The van der Waals surface area contributed by atoms with Gasteiger partial charge in [-0.15, -0.1) is 0 Å². The van der Waals surface area contributed by atoms with E-state index in [1.54, 1.807) is 12.1 Å². The predicted molar refractivity (Wildman–Crippen MR) is 135 cm³/mol. The smallest absolute Gasteiger partial charge is 0.251 e. The minimum absolute atomic E-state index is 0.191. The molecule has 2 bridgehead atoms.